The molecule has 0 bridgehead atoms. The topological polar surface area (TPSA) is 50.7 Å². The molecular formula is C16H21NO3. The van der Waals surface area contributed by atoms with Crippen molar-refractivity contribution in [3.05, 3.63) is 23.8 Å². The number of nitrogens with one attached hydrogen (secondary N) is 1. The first-order valence-corrected chi connectivity index (χ1v) is 7.62. The lowest BCUT2D eigenvalue weighted by Crippen LogP contribution is -2.53. The third-order valence-electron chi connectivity index (χ3n) is 5.15. The fraction of sp³-hybridized carbons (Fsp3) is 0.625. The smallest absolute Gasteiger partial charge is 0.231 e. The van der Waals surface area contributed by atoms with Gasteiger partial charge in [0.05, 0.1) is 5.60 Å². The van der Waals surface area contributed by atoms with E-state index < -0.39 is 5.60 Å². The maximum atomic E-state index is 10.9. The summed E-state index contributed by atoms with van der Waals surface area (Å²) in [4.78, 5) is 0. The minimum Gasteiger partial charge on any atom is -0.454 e. The maximum Gasteiger partial charge on any atom is 0.231 e. The van der Waals surface area contributed by atoms with Gasteiger partial charge in [-0.3, -0.25) is 0 Å². The molecule has 3 atom stereocenters. The van der Waals surface area contributed by atoms with Crippen molar-refractivity contribution in [3.63, 3.8) is 0 Å². The molecule has 4 heteroatoms. The predicted octanol–water partition coefficient (Wildman–Crippen LogP) is 2.37. The fourth-order valence-electron chi connectivity index (χ4n) is 4.08. The summed E-state index contributed by atoms with van der Waals surface area (Å²) < 4.78 is 10.9. The van der Waals surface area contributed by atoms with Crippen LogP contribution in [0.5, 0.6) is 11.5 Å². The monoisotopic (exact) mass is 275 g/mol. The zero-order chi connectivity index (χ0) is 13.6. The highest BCUT2D eigenvalue weighted by Crippen LogP contribution is 2.46. The van der Waals surface area contributed by atoms with Crippen molar-refractivity contribution >= 4 is 0 Å². The van der Waals surface area contributed by atoms with E-state index in [1.807, 2.05) is 6.07 Å². The largest absolute Gasteiger partial charge is 0.454 e. The third kappa shape index (κ3) is 1.90. The lowest BCUT2D eigenvalue weighted by atomic mass is 9.67. The number of fused-ring (bicyclic) bond motifs is 2. The molecule has 1 aromatic rings. The van der Waals surface area contributed by atoms with E-state index >= 15 is 0 Å². The summed E-state index contributed by atoms with van der Waals surface area (Å²) in [5, 5.41) is 14.5. The Balaban J connectivity index is 1.66. The summed E-state index contributed by atoms with van der Waals surface area (Å²) in [7, 11) is 0. The number of benzene rings is 1. The van der Waals surface area contributed by atoms with Crippen LogP contribution < -0.4 is 14.8 Å². The van der Waals surface area contributed by atoms with Gasteiger partial charge in [-0.2, -0.15) is 0 Å². The predicted molar refractivity (Wildman–Crippen MR) is 74.8 cm³/mol. The number of rotatable bonds is 1. The van der Waals surface area contributed by atoms with Gasteiger partial charge in [0.15, 0.2) is 11.5 Å². The third-order valence-corrected chi connectivity index (χ3v) is 5.15. The molecule has 2 fully saturated rings. The van der Waals surface area contributed by atoms with Crippen LogP contribution in [0.25, 0.3) is 0 Å². The Labute approximate surface area is 119 Å². The molecule has 0 aromatic heterocycles. The van der Waals surface area contributed by atoms with Gasteiger partial charge in [-0.1, -0.05) is 18.9 Å². The van der Waals surface area contributed by atoms with E-state index in [2.05, 4.69) is 17.4 Å². The zero-order valence-electron chi connectivity index (χ0n) is 11.6. The minimum absolute atomic E-state index is 0.226. The van der Waals surface area contributed by atoms with Crippen LogP contribution in [0.1, 0.15) is 43.7 Å². The number of piperidine rings is 1. The van der Waals surface area contributed by atoms with Crippen LogP contribution in [0, 0.1) is 5.92 Å². The second-order valence-corrected chi connectivity index (χ2v) is 6.25. The molecule has 0 radical (unpaired) electrons. The molecule has 2 N–H and O–H groups in total. The lowest BCUT2D eigenvalue weighted by Gasteiger charge is -2.48. The molecule has 4 rings (SSSR count). The van der Waals surface area contributed by atoms with E-state index in [-0.39, 0.29) is 6.04 Å². The Morgan fingerprint density at radius 1 is 1.15 bits per heavy atom. The summed E-state index contributed by atoms with van der Waals surface area (Å²) in [5.74, 6) is 1.96. The molecule has 1 saturated heterocycles. The van der Waals surface area contributed by atoms with Gasteiger partial charge in [0.25, 0.3) is 0 Å². The van der Waals surface area contributed by atoms with Gasteiger partial charge in [0.1, 0.15) is 0 Å². The van der Waals surface area contributed by atoms with Crippen LogP contribution in [0.2, 0.25) is 0 Å². The van der Waals surface area contributed by atoms with Crippen LogP contribution in [-0.2, 0) is 0 Å². The van der Waals surface area contributed by atoms with Crippen molar-refractivity contribution in [1.82, 2.24) is 5.32 Å². The van der Waals surface area contributed by atoms with E-state index in [1.54, 1.807) is 0 Å². The summed E-state index contributed by atoms with van der Waals surface area (Å²) >= 11 is 0. The minimum atomic E-state index is -0.482. The molecule has 1 saturated carbocycles. The van der Waals surface area contributed by atoms with Gasteiger partial charge >= 0.3 is 0 Å². The Morgan fingerprint density at radius 3 is 3.00 bits per heavy atom. The van der Waals surface area contributed by atoms with Crippen LogP contribution in [-0.4, -0.2) is 24.0 Å². The Bertz CT molecular complexity index is 514. The summed E-state index contributed by atoms with van der Waals surface area (Å²) in [6.45, 7) is 1.19. The summed E-state index contributed by atoms with van der Waals surface area (Å²) in [6.07, 6.45) is 5.29. The maximum absolute atomic E-state index is 10.9. The van der Waals surface area contributed by atoms with Crippen molar-refractivity contribution in [2.24, 2.45) is 5.92 Å². The average Bonchev–Trinajstić information content (AvgIpc) is 2.93. The van der Waals surface area contributed by atoms with Gasteiger partial charge < -0.3 is 19.9 Å². The van der Waals surface area contributed by atoms with E-state index in [1.165, 1.54) is 12.0 Å². The number of aliphatic hydroxyl groups is 1. The SMILES string of the molecule is O[C@]12CCCC[C@H]1[C@H](c1ccc3c(c1)OCO3)NCC2. The first-order chi connectivity index (χ1) is 9.76. The van der Waals surface area contributed by atoms with Gasteiger partial charge in [-0.25, -0.2) is 0 Å². The van der Waals surface area contributed by atoms with E-state index in [0.29, 0.717) is 12.7 Å². The van der Waals surface area contributed by atoms with Gasteiger partial charge in [-0.15, -0.1) is 0 Å². The zero-order valence-corrected chi connectivity index (χ0v) is 11.6. The molecule has 0 spiro atoms. The molecular weight excluding hydrogens is 254 g/mol. The van der Waals surface area contributed by atoms with Crippen LogP contribution in [0.15, 0.2) is 18.2 Å². The molecule has 2 aliphatic heterocycles. The van der Waals surface area contributed by atoms with Crippen molar-refractivity contribution in [2.45, 2.75) is 43.7 Å². The number of ether oxygens (including phenoxy) is 2. The molecule has 2 heterocycles. The van der Waals surface area contributed by atoms with Crippen LogP contribution in [0.3, 0.4) is 0 Å². The van der Waals surface area contributed by atoms with E-state index in [4.69, 9.17) is 9.47 Å². The van der Waals surface area contributed by atoms with Crippen molar-refractivity contribution in [3.8, 4) is 11.5 Å². The highest BCUT2D eigenvalue weighted by atomic mass is 16.7. The Morgan fingerprint density at radius 2 is 2.05 bits per heavy atom. The Hall–Kier alpha value is -1.26. The highest BCUT2D eigenvalue weighted by Gasteiger charge is 2.46. The first-order valence-electron chi connectivity index (χ1n) is 7.62. The molecule has 0 unspecified atom stereocenters. The average molecular weight is 275 g/mol. The first kappa shape index (κ1) is 12.5. The highest BCUT2D eigenvalue weighted by molar-refractivity contribution is 5.45. The second-order valence-electron chi connectivity index (χ2n) is 6.25. The standard InChI is InChI=1S/C16H21NO3/c18-16-6-2-1-3-12(16)15(17-8-7-16)11-4-5-13-14(9-11)20-10-19-13/h4-5,9,12,15,17-18H,1-3,6-8,10H2/t12-,15-,16-/m0/s1. The molecule has 108 valence electrons. The second kappa shape index (κ2) is 4.64. The van der Waals surface area contributed by atoms with E-state index in [9.17, 15) is 5.11 Å². The van der Waals surface area contributed by atoms with Gasteiger partial charge in [0, 0.05) is 12.0 Å². The molecule has 4 nitrogen and oxygen atoms in total. The Kier molecular flexibility index (Phi) is 2.89. The van der Waals surface area contributed by atoms with Gasteiger partial charge in [-0.05, 0) is 43.5 Å². The van der Waals surface area contributed by atoms with Crippen LogP contribution >= 0.6 is 0 Å². The summed E-state index contributed by atoms with van der Waals surface area (Å²) in [6, 6.07) is 6.38. The van der Waals surface area contributed by atoms with Crippen molar-refractivity contribution in [2.75, 3.05) is 13.3 Å². The number of hydrogen-bond acceptors (Lipinski definition) is 4. The van der Waals surface area contributed by atoms with Crippen molar-refractivity contribution in [1.29, 1.82) is 0 Å². The van der Waals surface area contributed by atoms with Gasteiger partial charge in [0.2, 0.25) is 6.79 Å². The summed E-state index contributed by atoms with van der Waals surface area (Å²) in [5.41, 5.74) is 0.726. The molecule has 0 amide bonds. The molecule has 1 aromatic carbocycles. The van der Waals surface area contributed by atoms with E-state index in [0.717, 1.165) is 43.7 Å². The normalized spacial score (nSPS) is 35.6. The molecule has 1 aliphatic carbocycles. The molecule has 20 heavy (non-hydrogen) atoms. The fourth-order valence-corrected chi connectivity index (χ4v) is 4.08. The number of hydrogen-bond donors (Lipinski definition) is 2. The molecule has 3 aliphatic rings. The van der Waals surface area contributed by atoms with Crippen LogP contribution in [0.4, 0.5) is 0 Å². The lowest BCUT2D eigenvalue weighted by molar-refractivity contribution is -0.0861. The quantitative estimate of drug-likeness (QED) is 0.826. The van der Waals surface area contributed by atoms with Crippen molar-refractivity contribution < 1.29 is 14.6 Å².